The number of imide groups is 1. The highest BCUT2D eigenvalue weighted by Crippen LogP contribution is 2.39. The van der Waals surface area contributed by atoms with Crippen LogP contribution in [0.5, 0.6) is 17.2 Å². The molecule has 8 heterocycles. The molecule has 48 heteroatoms. The number of nitrogen functional groups attached to an aromatic ring is 2. The number of aryl methyl sites for hydroxylation is 1. The van der Waals surface area contributed by atoms with E-state index in [4.69, 9.17) is 40.4 Å². The fraction of sp³-hybridized carbons (Fsp3) is 0.398. The number of hydrogen-bond acceptors (Lipinski definition) is 31. The number of carbonyl (C=O) groups excluding carboxylic acids is 11. The second-order valence-corrected chi connectivity index (χ2v) is 36.3. The van der Waals surface area contributed by atoms with Crippen molar-refractivity contribution in [1.82, 2.24) is 107 Å². The summed E-state index contributed by atoms with van der Waals surface area (Å²) < 4.78 is 26.0. The van der Waals surface area contributed by atoms with Gasteiger partial charge in [-0.15, -0.1) is 11.8 Å². The molecule has 3 aliphatic rings. The first-order valence-electron chi connectivity index (χ1n) is 47.5. The van der Waals surface area contributed by atoms with Crippen LogP contribution in [0.3, 0.4) is 0 Å². The van der Waals surface area contributed by atoms with E-state index in [0.29, 0.717) is 72.0 Å². The minimum atomic E-state index is -1.75. The van der Waals surface area contributed by atoms with Gasteiger partial charge in [-0.3, -0.25) is 77.0 Å². The van der Waals surface area contributed by atoms with Crippen molar-refractivity contribution in [3.05, 3.63) is 172 Å². The molecule has 0 saturated carbocycles. The van der Waals surface area contributed by atoms with Crippen LogP contribution < -0.4 is 84.0 Å². The Morgan fingerprint density at radius 1 is 0.623 bits per heavy atom. The minimum Gasteiger partial charge on any atom is -0.494 e. The van der Waals surface area contributed by atoms with E-state index in [1.165, 1.54) is 25.9 Å². The third kappa shape index (κ3) is 28.8. The first-order chi connectivity index (χ1) is 70.0. The highest BCUT2D eigenvalue weighted by Gasteiger charge is 2.41. The van der Waals surface area contributed by atoms with E-state index in [1.54, 1.807) is 58.4 Å². The number of ether oxygens (including phenoxy) is 4. The van der Waals surface area contributed by atoms with E-state index in [2.05, 4.69) is 130 Å². The highest BCUT2D eigenvalue weighted by molar-refractivity contribution is 8.04. The number of benzene rings is 5. The molecule has 0 spiro atoms. The standard InChI is InChI=1S/C98H117N25O22S/c1-8-143-96(74-41-53(2)49-123(74)94(138)65-44-75(142-7)76(45-66(65)99)145-40-11-9-10-39-144-64-23-16-57(17-24-64)84-110-67-25-18-59(42-71(67)112-84)85-111-68-26-22-63(43-72(68)113-85)120-37-35-119(6)36-38-120)121-50-61(105-52-121)21-29-78(124)101-33-34-122-80(126)46-77(95(122)139)146-51-73(97(140)141)116-89(133)56(5)108-92(136)70(28-31-82(129)130)115-88(132)55(4)107-91(135)69(27-30-81(127)128)114-87(131)54(3)106-79(125)13-12-32-102-90(134)58-14-19-60(20-15-58)103-47-62-48-104-86-83(109-62)93(137)118-98(100)117-86/h14-20,22-26,42-46,48,50,52,54-56,69-70,73-74,96,103H,2,8-13,21,27-41,47,49,51,99H2,1,3-7H3,(H,101,124)(H,102,134)(H,106,125)(H,107,135)(H,108,136)(H,110,112)(H,111,113)(H,114,131)(H,115,132)(H,116,133)(H,127,128)(H,129,130)(H,140,141)(H3,100,104,117,118,137)/t54-,55-,56-,69+,70+,73+,74-,96?/m0/s1. The molecule has 0 radical (unpaired) electrons. The number of H-pyrrole nitrogens is 3. The van der Waals surface area contributed by atoms with Crippen molar-refractivity contribution in [2.24, 2.45) is 0 Å². The lowest BCUT2D eigenvalue weighted by Gasteiger charge is -2.34. The Morgan fingerprint density at radius 3 is 1.95 bits per heavy atom. The molecular formula is C98H117N25O22S. The number of thioether (sulfide) groups is 1. The summed E-state index contributed by atoms with van der Waals surface area (Å²) in [5.74, 6) is -10.9. The Bertz CT molecular complexity index is 6620. The number of amides is 11. The third-order valence-electron chi connectivity index (χ3n) is 24.3. The zero-order valence-corrected chi connectivity index (χ0v) is 81.9. The zero-order valence-electron chi connectivity index (χ0n) is 81.1. The molecule has 0 aliphatic carbocycles. The van der Waals surface area contributed by atoms with Crippen molar-refractivity contribution < 1.29 is 101 Å². The van der Waals surface area contributed by atoms with E-state index in [1.807, 2.05) is 43.3 Å². The summed E-state index contributed by atoms with van der Waals surface area (Å²) in [5, 5.41) is 51.6. The Hall–Kier alpha value is -16.4. The molecule has 2 fully saturated rings. The van der Waals surface area contributed by atoms with Gasteiger partial charge in [0.25, 0.3) is 29.2 Å². The van der Waals surface area contributed by atoms with Gasteiger partial charge in [0, 0.05) is 142 Å². The van der Waals surface area contributed by atoms with Gasteiger partial charge >= 0.3 is 17.9 Å². The number of anilines is 4. The average molecular weight is 2030 g/mol. The van der Waals surface area contributed by atoms with Crippen molar-refractivity contribution in [3.8, 4) is 40.0 Å². The van der Waals surface area contributed by atoms with Crippen molar-refractivity contribution in [2.45, 2.75) is 160 Å². The van der Waals surface area contributed by atoms with Crippen LogP contribution in [0, 0.1) is 0 Å². The van der Waals surface area contributed by atoms with E-state index in [-0.39, 0.29) is 98.3 Å². The highest BCUT2D eigenvalue weighted by atomic mass is 32.2. The lowest BCUT2D eigenvalue weighted by molar-refractivity contribution is -0.141. The molecule has 5 aromatic heterocycles. The summed E-state index contributed by atoms with van der Waals surface area (Å²) in [7, 11) is 3.63. The minimum absolute atomic E-state index is 0.0120. The molecule has 19 N–H and O–H groups in total. The van der Waals surface area contributed by atoms with Crippen LogP contribution >= 0.6 is 11.8 Å². The molecule has 11 amide bonds. The summed E-state index contributed by atoms with van der Waals surface area (Å²) in [6, 6.07) is 19.8. The number of aromatic nitrogens is 10. The summed E-state index contributed by atoms with van der Waals surface area (Å²) in [5.41, 5.74) is 21.4. The van der Waals surface area contributed by atoms with Gasteiger partial charge in [-0.25, -0.2) is 29.7 Å². The van der Waals surface area contributed by atoms with Crippen molar-refractivity contribution in [1.29, 1.82) is 0 Å². The van der Waals surface area contributed by atoms with Gasteiger partial charge in [-0.05, 0) is 177 Å². The topological polar surface area (TPSA) is 657 Å². The lowest BCUT2D eigenvalue weighted by atomic mass is 10.1. The number of rotatable bonds is 52. The van der Waals surface area contributed by atoms with Crippen LogP contribution in [0.15, 0.2) is 144 Å². The second kappa shape index (κ2) is 50.0. The van der Waals surface area contributed by atoms with Crippen LogP contribution in [-0.2, 0) is 75.2 Å². The fourth-order valence-electron chi connectivity index (χ4n) is 16.3. The number of hydrogen-bond donors (Lipinski definition) is 17. The third-order valence-corrected chi connectivity index (χ3v) is 25.4. The van der Waals surface area contributed by atoms with Crippen LogP contribution in [-0.4, -0.2) is 297 Å². The van der Waals surface area contributed by atoms with Gasteiger partial charge in [0.2, 0.25) is 47.3 Å². The number of likely N-dealkylation sites (tertiary alicyclic amines) is 1. The number of likely N-dealkylation sites (N-methyl/N-ethyl adjacent to an activating group) is 1. The molecule has 47 nitrogen and oxygen atoms in total. The maximum Gasteiger partial charge on any atom is 0.327 e. The van der Waals surface area contributed by atoms with E-state index < -0.39 is 168 Å². The maximum atomic E-state index is 14.6. The van der Waals surface area contributed by atoms with E-state index in [9.17, 15) is 87.2 Å². The second-order valence-electron chi connectivity index (χ2n) is 35.3. The quantitative estimate of drug-likeness (QED) is 0.0110. The zero-order chi connectivity index (χ0) is 105. The smallest absolute Gasteiger partial charge is 0.327 e. The Morgan fingerprint density at radius 2 is 1.27 bits per heavy atom. The van der Waals surface area contributed by atoms with Gasteiger partial charge in [0.1, 0.15) is 53.6 Å². The predicted molar refractivity (Wildman–Crippen MR) is 536 cm³/mol. The first-order valence-corrected chi connectivity index (χ1v) is 48.5. The van der Waals surface area contributed by atoms with Crippen molar-refractivity contribution in [3.63, 3.8) is 0 Å². The lowest BCUT2D eigenvalue weighted by Crippen LogP contribution is -2.58. The molecule has 3 aliphatic heterocycles. The van der Waals surface area contributed by atoms with Crippen molar-refractivity contribution >= 4 is 151 Å². The normalized spacial score (nSPS) is 15.2. The predicted octanol–water partition coefficient (Wildman–Crippen LogP) is 4.19. The molecule has 13 rings (SSSR count). The molecule has 146 heavy (non-hydrogen) atoms. The number of imidazole rings is 3. The molecule has 0 bridgehead atoms. The molecule has 8 atom stereocenters. The number of fused-ring (bicyclic) bond motifs is 3. The van der Waals surface area contributed by atoms with Crippen LogP contribution in [0.2, 0.25) is 0 Å². The van der Waals surface area contributed by atoms with Crippen LogP contribution in [0.25, 0.3) is 56.0 Å². The van der Waals surface area contributed by atoms with Crippen LogP contribution in [0.4, 0.5) is 23.0 Å². The van der Waals surface area contributed by atoms with Gasteiger partial charge in [0.15, 0.2) is 28.9 Å². The molecule has 10 aromatic rings. The average Bonchev–Trinajstić information content (AvgIpc) is 1.62. The number of nitrogens with zero attached hydrogens (tertiary/aromatic N) is 11. The SMILES string of the molecule is C=C1C[C@@H](C(OCC)n2cnc(CCC(=O)NCCN3C(=O)C=C(SC[C@@H](NC(=O)[C@H](C)NC(=O)[C@@H](CCC(=O)O)NC(=O)[C@H](C)NC(=O)[C@@H](CCC(=O)O)NC(=O)[C@H](C)NC(=O)CCCNC(=O)c4ccc(NCc5cnc6nc(N)[nH]c(=O)c6n5)cc4)C(=O)O)C3=O)c2)N(C(=O)c2cc(OC)c(OCCCCCOc3ccc(-c4nc5ccc(-c6nc7cc(N8CCN(C)CC8)ccc7[nH]6)cc5[nH]4)cc3)cc2N)C1. The number of carboxylic acids is 3. The number of carbonyl (C=O) groups is 14. The number of nitrogens with one attached hydrogen (secondary N) is 12. The summed E-state index contributed by atoms with van der Waals surface area (Å²) in [6.07, 6.45) is 5.08. The molecule has 2 saturated heterocycles. The fourth-order valence-corrected chi connectivity index (χ4v) is 17.3. The molecular weight excluding hydrogens is 1910 g/mol. The number of piperazine rings is 1. The van der Waals surface area contributed by atoms with Gasteiger partial charge in [-0.1, -0.05) is 12.2 Å². The molecule has 1 unspecified atom stereocenters. The van der Waals surface area contributed by atoms with Gasteiger partial charge in [0.05, 0.1) is 89.4 Å². The number of aromatic amines is 3. The number of aliphatic carboxylic acids is 3. The number of carboxylic acid groups (broad SMARTS) is 3. The Labute approximate surface area is 840 Å². The Balaban J connectivity index is 0.496. The van der Waals surface area contributed by atoms with Gasteiger partial charge < -0.3 is 123 Å². The van der Waals surface area contributed by atoms with Gasteiger partial charge in [-0.2, -0.15) is 4.98 Å². The summed E-state index contributed by atoms with van der Waals surface area (Å²) >= 11 is 0.619. The first kappa shape index (κ1) is 107. The summed E-state index contributed by atoms with van der Waals surface area (Å²) in [6.45, 7) is 14.7. The van der Waals surface area contributed by atoms with E-state index in [0.717, 1.165) is 120 Å². The molecule has 772 valence electrons. The number of unbranched alkanes of at least 4 members (excludes halogenated alkanes) is 2. The monoisotopic (exact) mass is 2030 g/mol. The van der Waals surface area contributed by atoms with Crippen molar-refractivity contribution in [2.75, 3.05) is 114 Å². The number of methoxy groups -OCH3 is 1. The van der Waals surface area contributed by atoms with E-state index >= 15 is 0 Å². The Kier molecular flexibility index (Phi) is 36.6. The number of nitrogens with two attached hydrogens (primary N) is 2. The molecule has 5 aromatic carbocycles. The summed E-state index contributed by atoms with van der Waals surface area (Å²) in [4.78, 5) is 239. The van der Waals surface area contributed by atoms with Crippen LogP contribution in [0.1, 0.15) is 137 Å². The largest absolute Gasteiger partial charge is 0.494 e. The maximum absolute atomic E-state index is 14.6.